The van der Waals surface area contributed by atoms with Crippen LogP contribution in [0.4, 0.5) is 9.59 Å². The zero-order valence-corrected chi connectivity index (χ0v) is 30.6. The molecule has 2 amide bonds. The molecule has 49 heavy (non-hydrogen) atoms. The maximum atomic E-state index is 12.2. The molecule has 2 aromatic rings. The minimum Gasteiger partial charge on any atom is -0.468 e. The molecule has 0 aliphatic carbocycles. The molecule has 270 valence electrons. The minimum absolute atomic E-state index is 0.134. The van der Waals surface area contributed by atoms with Crippen LogP contribution in [0.2, 0.25) is 10.0 Å². The number of benzene rings is 2. The lowest BCUT2D eigenvalue weighted by molar-refractivity contribution is -0.156. The van der Waals surface area contributed by atoms with E-state index in [4.69, 9.17) is 43.1 Å². The Balaban J connectivity index is 0.000000285. The summed E-state index contributed by atoms with van der Waals surface area (Å²) in [6.07, 6.45) is -0.108. The van der Waals surface area contributed by atoms with Gasteiger partial charge in [-0.1, -0.05) is 47.5 Å². The van der Waals surface area contributed by atoms with E-state index >= 15 is 0 Å². The lowest BCUT2D eigenvalue weighted by atomic mass is 9.89. The first kappa shape index (κ1) is 41.3. The Morgan fingerprint density at radius 3 is 1.55 bits per heavy atom. The molecule has 4 rings (SSSR count). The smallest absolute Gasteiger partial charge is 0.410 e. The van der Waals surface area contributed by atoms with E-state index in [-0.39, 0.29) is 26.2 Å². The predicted octanol–water partition coefficient (Wildman–Crippen LogP) is 4.85. The van der Waals surface area contributed by atoms with Crippen LogP contribution < -0.4 is 11.1 Å². The molecule has 0 radical (unpaired) electrons. The summed E-state index contributed by atoms with van der Waals surface area (Å²) in [5.41, 5.74) is 4.25. The second-order valence-corrected chi connectivity index (χ2v) is 14.4. The van der Waals surface area contributed by atoms with Crippen LogP contribution in [0, 0.1) is 0 Å². The summed E-state index contributed by atoms with van der Waals surface area (Å²) in [6.45, 7) is 11.9. The van der Waals surface area contributed by atoms with Gasteiger partial charge in [-0.05, 0) is 71.4 Å². The molecule has 2 aliphatic rings. The molecular formula is C34H46Cl2N4O9. The Morgan fingerprint density at radius 1 is 0.755 bits per heavy atom. The molecule has 13 nitrogen and oxygen atoms in total. The zero-order valence-electron chi connectivity index (χ0n) is 29.1. The summed E-state index contributed by atoms with van der Waals surface area (Å²) in [6, 6.07) is 14.1. The monoisotopic (exact) mass is 724 g/mol. The maximum Gasteiger partial charge on any atom is 0.410 e. The van der Waals surface area contributed by atoms with Crippen LogP contribution in [0.15, 0.2) is 48.5 Å². The fourth-order valence-electron chi connectivity index (χ4n) is 4.41. The van der Waals surface area contributed by atoms with Gasteiger partial charge in [0, 0.05) is 22.2 Å². The van der Waals surface area contributed by atoms with Crippen molar-refractivity contribution in [1.29, 1.82) is 0 Å². The number of esters is 2. The van der Waals surface area contributed by atoms with E-state index in [0.29, 0.717) is 22.2 Å². The van der Waals surface area contributed by atoms with Gasteiger partial charge in [-0.2, -0.15) is 0 Å². The van der Waals surface area contributed by atoms with E-state index in [9.17, 15) is 24.0 Å². The van der Waals surface area contributed by atoms with Crippen molar-refractivity contribution in [2.24, 2.45) is 5.73 Å². The third-order valence-corrected chi connectivity index (χ3v) is 7.39. The summed E-state index contributed by atoms with van der Waals surface area (Å²) in [4.78, 5) is 59.9. The number of hydrogen-bond acceptors (Lipinski definition) is 11. The van der Waals surface area contributed by atoms with Crippen LogP contribution in [-0.2, 0) is 35.1 Å². The van der Waals surface area contributed by atoms with Gasteiger partial charge < -0.3 is 34.5 Å². The quantitative estimate of drug-likeness (QED) is 0.237. The number of ether oxygens (including phenoxy) is 4. The second-order valence-electron chi connectivity index (χ2n) is 13.5. The average molecular weight is 726 g/mol. The van der Waals surface area contributed by atoms with Crippen molar-refractivity contribution < 1.29 is 42.9 Å². The summed E-state index contributed by atoms with van der Waals surface area (Å²) >= 11 is 11.4. The number of carbonyl (C=O) groups excluding carboxylic acids is 5. The van der Waals surface area contributed by atoms with E-state index in [0.717, 1.165) is 11.8 Å². The topological polar surface area (TPSA) is 167 Å². The lowest BCUT2D eigenvalue weighted by Crippen LogP contribution is -2.74. The summed E-state index contributed by atoms with van der Waals surface area (Å²) < 4.78 is 19.9. The molecule has 0 atom stereocenters. The number of nitrogens with zero attached hydrogens (tertiary/aromatic N) is 2. The van der Waals surface area contributed by atoms with Crippen molar-refractivity contribution in [2.45, 2.75) is 70.4 Å². The van der Waals surface area contributed by atoms with Gasteiger partial charge in [0.2, 0.25) is 0 Å². The third-order valence-electron chi connectivity index (χ3n) is 6.89. The highest BCUT2D eigenvalue weighted by Gasteiger charge is 2.53. The van der Waals surface area contributed by atoms with Crippen molar-refractivity contribution in [3.05, 3.63) is 69.7 Å². The SMILES string of the molecule is COC(=O)C1(N)CN(C(=O)OC(C)(C)C)C1.COC(=O)C1(NCc2ccc(Cl)cc2)CN(C(=O)OC(C)(C)C)C1.O=Cc1ccc(Cl)cc1. The molecule has 0 bridgehead atoms. The molecular weight excluding hydrogens is 679 g/mol. The fraction of sp³-hybridized carbons (Fsp3) is 0.500. The standard InChI is InChI=1S/C17H23ClN2O4.C10H18N2O4.C7H5ClO/c1-16(2,3)24-15(22)20-10-17(11-20,14(21)23-4)19-9-12-5-7-13(18)8-6-12;1-9(2,3)16-8(14)12-5-10(11,6-12)7(13)15-4;8-7-3-1-6(5-9)2-4-7/h5-8,19H,9-11H2,1-4H3;5-6,11H2,1-4H3;1-5H. The molecule has 0 spiro atoms. The number of methoxy groups -OCH3 is 2. The summed E-state index contributed by atoms with van der Waals surface area (Å²) in [7, 11) is 2.61. The third kappa shape index (κ3) is 12.8. The van der Waals surface area contributed by atoms with Crippen LogP contribution in [-0.4, -0.2) is 103 Å². The number of amides is 2. The first-order valence-electron chi connectivity index (χ1n) is 15.3. The van der Waals surface area contributed by atoms with Crippen molar-refractivity contribution in [1.82, 2.24) is 15.1 Å². The lowest BCUT2D eigenvalue weighted by Gasteiger charge is -2.48. The molecule has 0 saturated carbocycles. The van der Waals surface area contributed by atoms with Gasteiger partial charge in [0.15, 0.2) is 11.1 Å². The van der Waals surface area contributed by atoms with E-state index in [1.807, 2.05) is 12.1 Å². The first-order valence-corrected chi connectivity index (χ1v) is 16.0. The minimum atomic E-state index is -1.08. The van der Waals surface area contributed by atoms with E-state index in [2.05, 4.69) is 10.1 Å². The fourth-order valence-corrected chi connectivity index (χ4v) is 4.66. The van der Waals surface area contributed by atoms with Gasteiger partial charge in [0.1, 0.15) is 17.5 Å². The maximum absolute atomic E-state index is 12.2. The van der Waals surface area contributed by atoms with E-state index in [1.54, 1.807) is 77.9 Å². The molecule has 2 saturated heterocycles. The van der Waals surface area contributed by atoms with Gasteiger partial charge in [-0.25, -0.2) is 19.2 Å². The zero-order chi connectivity index (χ0) is 37.2. The highest BCUT2D eigenvalue weighted by atomic mass is 35.5. The Bertz CT molecular complexity index is 1440. The number of rotatable bonds is 6. The van der Waals surface area contributed by atoms with Crippen LogP contribution in [0.1, 0.15) is 57.5 Å². The summed E-state index contributed by atoms with van der Waals surface area (Å²) in [5.74, 6) is -0.899. The van der Waals surface area contributed by atoms with Gasteiger partial charge in [0.05, 0.1) is 40.4 Å². The molecule has 2 fully saturated rings. The van der Waals surface area contributed by atoms with E-state index < -0.39 is 46.4 Å². The van der Waals surface area contributed by atoms with Crippen LogP contribution in [0.25, 0.3) is 0 Å². The number of carbonyl (C=O) groups is 5. The second kappa shape index (κ2) is 17.1. The normalized spacial score (nSPS) is 15.7. The molecule has 15 heteroatoms. The molecule has 2 heterocycles. The van der Waals surface area contributed by atoms with E-state index in [1.165, 1.54) is 24.0 Å². The molecule has 0 unspecified atom stereocenters. The van der Waals surface area contributed by atoms with Crippen LogP contribution in [0.5, 0.6) is 0 Å². The average Bonchev–Trinajstić information content (AvgIpc) is 2.98. The van der Waals surface area contributed by atoms with Crippen molar-refractivity contribution in [2.75, 3.05) is 40.4 Å². The number of nitrogens with two attached hydrogens (primary N) is 1. The number of hydrogen-bond donors (Lipinski definition) is 2. The highest BCUT2D eigenvalue weighted by molar-refractivity contribution is 6.30. The largest absolute Gasteiger partial charge is 0.468 e. The molecule has 0 aromatic heterocycles. The van der Waals surface area contributed by atoms with Gasteiger partial charge in [-0.15, -0.1) is 0 Å². The number of likely N-dealkylation sites (tertiary alicyclic amines) is 2. The molecule has 2 aliphatic heterocycles. The van der Waals surface area contributed by atoms with Crippen LogP contribution >= 0.6 is 23.2 Å². The Kier molecular flexibility index (Phi) is 14.4. The first-order chi connectivity index (χ1) is 22.7. The van der Waals surface area contributed by atoms with Crippen molar-refractivity contribution >= 4 is 53.6 Å². The molecule has 3 N–H and O–H groups in total. The van der Waals surface area contributed by atoms with Gasteiger partial charge in [0.25, 0.3) is 0 Å². The Labute approximate surface area is 297 Å². The van der Waals surface area contributed by atoms with Gasteiger partial charge >= 0.3 is 24.1 Å². The van der Waals surface area contributed by atoms with Gasteiger partial charge in [-0.3, -0.25) is 10.1 Å². The Morgan fingerprint density at radius 2 is 1.16 bits per heavy atom. The highest BCUT2D eigenvalue weighted by Crippen LogP contribution is 2.26. The van der Waals surface area contributed by atoms with Crippen molar-refractivity contribution in [3.63, 3.8) is 0 Å². The van der Waals surface area contributed by atoms with Crippen LogP contribution in [0.3, 0.4) is 0 Å². The number of nitrogens with one attached hydrogen (secondary N) is 1. The number of halogens is 2. The molecule has 2 aromatic carbocycles. The predicted molar refractivity (Wildman–Crippen MR) is 184 cm³/mol. The number of aldehydes is 1. The van der Waals surface area contributed by atoms with Crippen molar-refractivity contribution in [3.8, 4) is 0 Å². The summed E-state index contributed by atoms with van der Waals surface area (Å²) in [5, 5.41) is 4.51. The Hall–Kier alpha value is -3.91.